The van der Waals surface area contributed by atoms with Gasteiger partial charge < -0.3 is 14.4 Å². The second-order valence-electron chi connectivity index (χ2n) is 5.84. The number of rotatable bonds is 3. The summed E-state index contributed by atoms with van der Waals surface area (Å²) >= 11 is 0. The van der Waals surface area contributed by atoms with E-state index in [1.54, 1.807) is 14.2 Å². The molecule has 5 heteroatoms. The SMILES string of the molecule is COc1cc2c(cc1OC)[C@@H](C)N(C(=O)c1ccc(F)cc1)CC2. The van der Waals surface area contributed by atoms with Gasteiger partial charge in [-0.2, -0.15) is 0 Å². The number of ether oxygens (including phenoxy) is 2. The van der Waals surface area contributed by atoms with E-state index in [-0.39, 0.29) is 17.8 Å². The molecule has 1 amide bonds. The van der Waals surface area contributed by atoms with E-state index in [4.69, 9.17) is 9.47 Å². The van der Waals surface area contributed by atoms with Crippen molar-refractivity contribution in [2.24, 2.45) is 0 Å². The minimum Gasteiger partial charge on any atom is -0.493 e. The molecule has 0 radical (unpaired) electrons. The Kier molecular flexibility index (Phi) is 4.42. The Morgan fingerprint density at radius 1 is 1.12 bits per heavy atom. The van der Waals surface area contributed by atoms with Gasteiger partial charge in [-0.15, -0.1) is 0 Å². The molecule has 0 saturated carbocycles. The Bertz CT molecular complexity index is 758. The molecule has 1 aliphatic rings. The molecule has 126 valence electrons. The predicted molar refractivity (Wildman–Crippen MR) is 89.1 cm³/mol. The lowest BCUT2D eigenvalue weighted by Gasteiger charge is -2.36. The third-order valence-corrected chi connectivity index (χ3v) is 4.54. The average molecular weight is 329 g/mol. The smallest absolute Gasteiger partial charge is 0.254 e. The summed E-state index contributed by atoms with van der Waals surface area (Å²) in [6, 6.07) is 9.48. The highest BCUT2D eigenvalue weighted by Crippen LogP contribution is 2.38. The van der Waals surface area contributed by atoms with Gasteiger partial charge in [-0.1, -0.05) is 0 Å². The predicted octanol–water partition coefficient (Wildman–Crippen LogP) is 3.60. The first kappa shape index (κ1) is 16.3. The molecule has 1 aliphatic heterocycles. The van der Waals surface area contributed by atoms with Crippen LogP contribution in [0.1, 0.15) is 34.5 Å². The van der Waals surface area contributed by atoms with Crippen LogP contribution in [0.3, 0.4) is 0 Å². The van der Waals surface area contributed by atoms with Crippen molar-refractivity contribution < 1.29 is 18.7 Å². The van der Waals surface area contributed by atoms with Gasteiger partial charge in [0.25, 0.3) is 5.91 Å². The van der Waals surface area contributed by atoms with E-state index in [0.29, 0.717) is 23.6 Å². The number of amides is 1. The summed E-state index contributed by atoms with van der Waals surface area (Å²) < 4.78 is 23.8. The van der Waals surface area contributed by atoms with Gasteiger partial charge in [0.15, 0.2) is 11.5 Å². The standard InChI is InChI=1S/C19H20FNO3/c1-12-16-11-18(24-3)17(23-2)10-14(16)8-9-21(12)19(22)13-4-6-15(20)7-5-13/h4-7,10-12H,8-9H2,1-3H3/t12-/m1/s1. The fourth-order valence-electron chi connectivity index (χ4n) is 3.18. The molecule has 1 heterocycles. The fourth-order valence-corrected chi connectivity index (χ4v) is 3.18. The highest BCUT2D eigenvalue weighted by molar-refractivity contribution is 5.94. The van der Waals surface area contributed by atoms with Crippen LogP contribution in [-0.2, 0) is 6.42 Å². The third kappa shape index (κ3) is 2.82. The molecule has 0 saturated heterocycles. The summed E-state index contributed by atoms with van der Waals surface area (Å²) in [4.78, 5) is 14.6. The van der Waals surface area contributed by atoms with Crippen molar-refractivity contribution in [1.29, 1.82) is 0 Å². The minimum absolute atomic E-state index is 0.0916. The lowest BCUT2D eigenvalue weighted by molar-refractivity contribution is 0.0677. The largest absolute Gasteiger partial charge is 0.493 e. The molecular weight excluding hydrogens is 309 g/mol. The number of carbonyl (C=O) groups is 1. The molecule has 0 bridgehead atoms. The van der Waals surface area contributed by atoms with E-state index >= 15 is 0 Å². The molecule has 0 unspecified atom stereocenters. The van der Waals surface area contributed by atoms with E-state index in [2.05, 4.69) is 0 Å². The van der Waals surface area contributed by atoms with Crippen LogP contribution >= 0.6 is 0 Å². The summed E-state index contributed by atoms with van der Waals surface area (Å²) in [6.07, 6.45) is 0.743. The first-order valence-corrected chi connectivity index (χ1v) is 7.86. The Balaban J connectivity index is 1.92. The average Bonchev–Trinajstić information content (AvgIpc) is 2.61. The Labute approximate surface area is 140 Å². The van der Waals surface area contributed by atoms with Crippen molar-refractivity contribution in [2.75, 3.05) is 20.8 Å². The lowest BCUT2D eigenvalue weighted by atomic mass is 9.92. The minimum atomic E-state index is -0.347. The second-order valence-corrected chi connectivity index (χ2v) is 5.84. The molecular formula is C19H20FNO3. The molecule has 2 aromatic rings. The van der Waals surface area contributed by atoms with Gasteiger partial charge in [0, 0.05) is 12.1 Å². The summed E-state index contributed by atoms with van der Waals surface area (Å²) in [5, 5.41) is 0. The van der Waals surface area contributed by atoms with Gasteiger partial charge in [0.05, 0.1) is 20.3 Å². The van der Waals surface area contributed by atoms with Crippen molar-refractivity contribution in [1.82, 2.24) is 4.90 Å². The van der Waals surface area contributed by atoms with Gasteiger partial charge in [-0.25, -0.2) is 4.39 Å². The van der Waals surface area contributed by atoms with E-state index in [1.165, 1.54) is 24.3 Å². The quantitative estimate of drug-likeness (QED) is 0.863. The van der Waals surface area contributed by atoms with Crippen molar-refractivity contribution in [2.45, 2.75) is 19.4 Å². The number of halogens is 1. The van der Waals surface area contributed by atoms with Crippen LogP contribution in [-0.4, -0.2) is 31.6 Å². The van der Waals surface area contributed by atoms with E-state index < -0.39 is 0 Å². The van der Waals surface area contributed by atoms with Gasteiger partial charge in [0.1, 0.15) is 5.82 Å². The first-order chi connectivity index (χ1) is 11.5. The zero-order valence-electron chi connectivity index (χ0n) is 14.0. The van der Waals surface area contributed by atoms with Crippen LogP contribution < -0.4 is 9.47 Å². The summed E-state index contributed by atoms with van der Waals surface area (Å²) in [6.45, 7) is 2.60. The first-order valence-electron chi connectivity index (χ1n) is 7.86. The van der Waals surface area contributed by atoms with E-state index in [9.17, 15) is 9.18 Å². The monoisotopic (exact) mass is 329 g/mol. The van der Waals surface area contributed by atoms with E-state index in [0.717, 1.165) is 17.5 Å². The number of carbonyl (C=O) groups excluding carboxylic acids is 1. The van der Waals surface area contributed by atoms with Crippen LogP contribution in [0.15, 0.2) is 36.4 Å². The number of methoxy groups -OCH3 is 2. The van der Waals surface area contributed by atoms with Gasteiger partial charge in [-0.3, -0.25) is 4.79 Å². The molecule has 0 spiro atoms. The number of nitrogens with zero attached hydrogens (tertiary/aromatic N) is 1. The zero-order chi connectivity index (χ0) is 17.3. The van der Waals surface area contributed by atoms with Crippen LogP contribution in [0.5, 0.6) is 11.5 Å². The molecule has 3 rings (SSSR count). The second kappa shape index (κ2) is 6.51. The number of hydrogen-bond acceptors (Lipinski definition) is 3. The Morgan fingerprint density at radius 3 is 2.38 bits per heavy atom. The summed E-state index contributed by atoms with van der Waals surface area (Å²) in [7, 11) is 3.21. The molecule has 4 nitrogen and oxygen atoms in total. The maximum atomic E-state index is 13.1. The topological polar surface area (TPSA) is 38.8 Å². The number of hydrogen-bond donors (Lipinski definition) is 0. The number of fused-ring (bicyclic) bond motifs is 1. The maximum Gasteiger partial charge on any atom is 0.254 e. The van der Waals surface area contributed by atoms with Crippen molar-refractivity contribution in [3.63, 3.8) is 0 Å². The molecule has 0 aliphatic carbocycles. The van der Waals surface area contributed by atoms with Crippen LogP contribution in [0.4, 0.5) is 4.39 Å². The Morgan fingerprint density at radius 2 is 1.75 bits per heavy atom. The van der Waals surface area contributed by atoms with Gasteiger partial charge in [0.2, 0.25) is 0 Å². The maximum absolute atomic E-state index is 13.1. The van der Waals surface area contributed by atoms with Crippen molar-refractivity contribution in [3.8, 4) is 11.5 Å². The van der Waals surface area contributed by atoms with Crippen molar-refractivity contribution >= 4 is 5.91 Å². The highest BCUT2D eigenvalue weighted by Gasteiger charge is 2.29. The highest BCUT2D eigenvalue weighted by atomic mass is 19.1. The van der Waals surface area contributed by atoms with Crippen molar-refractivity contribution in [3.05, 3.63) is 58.9 Å². The van der Waals surface area contributed by atoms with Gasteiger partial charge >= 0.3 is 0 Å². The summed E-state index contributed by atoms with van der Waals surface area (Å²) in [5.74, 6) is 0.907. The van der Waals surface area contributed by atoms with Crippen LogP contribution in [0, 0.1) is 5.82 Å². The molecule has 0 fully saturated rings. The summed E-state index contributed by atoms with van der Waals surface area (Å²) in [5.41, 5.74) is 2.70. The van der Waals surface area contributed by atoms with E-state index in [1.807, 2.05) is 24.0 Å². The van der Waals surface area contributed by atoms with Gasteiger partial charge in [-0.05, 0) is 60.9 Å². The lowest BCUT2D eigenvalue weighted by Crippen LogP contribution is -2.38. The molecule has 2 aromatic carbocycles. The zero-order valence-corrected chi connectivity index (χ0v) is 14.0. The molecule has 0 N–H and O–H groups in total. The third-order valence-electron chi connectivity index (χ3n) is 4.54. The Hall–Kier alpha value is -2.56. The van der Waals surface area contributed by atoms with Crippen LogP contribution in [0.25, 0.3) is 0 Å². The van der Waals surface area contributed by atoms with Crippen LogP contribution in [0.2, 0.25) is 0 Å². The molecule has 24 heavy (non-hydrogen) atoms. The normalized spacial score (nSPS) is 16.5. The molecule has 1 atom stereocenters. The molecule has 0 aromatic heterocycles. The fraction of sp³-hybridized carbons (Fsp3) is 0.316. The number of benzene rings is 2.